The van der Waals surface area contributed by atoms with Crippen LogP contribution in [-0.4, -0.2) is 33.3 Å². The number of carbonyl (C=O) groups excluding carboxylic acids is 1. The summed E-state index contributed by atoms with van der Waals surface area (Å²) >= 11 is 0. The van der Waals surface area contributed by atoms with Crippen molar-refractivity contribution >= 4 is 11.9 Å². The van der Waals surface area contributed by atoms with Crippen LogP contribution in [-0.2, 0) is 9.59 Å². The van der Waals surface area contributed by atoms with Gasteiger partial charge in [-0.25, -0.2) is 9.86 Å². The Bertz CT molecular complexity index is 138. The van der Waals surface area contributed by atoms with Gasteiger partial charge in [-0.05, 0) is 6.92 Å². The number of hydroxylamine groups is 2. The maximum atomic E-state index is 10.3. The van der Waals surface area contributed by atoms with Crippen molar-refractivity contribution in [1.29, 1.82) is 0 Å². The third-order valence-electron chi connectivity index (χ3n) is 1.05. The molecular formula is C5H9NO4. The van der Waals surface area contributed by atoms with E-state index in [1.807, 2.05) is 0 Å². The lowest BCUT2D eigenvalue weighted by Crippen LogP contribution is -2.39. The summed E-state index contributed by atoms with van der Waals surface area (Å²) in [7, 11) is 0. The Hall–Kier alpha value is -1.10. The summed E-state index contributed by atoms with van der Waals surface area (Å²) in [6, 6.07) is -1.18. The van der Waals surface area contributed by atoms with Gasteiger partial charge in [-0.3, -0.25) is 10.0 Å². The SMILES string of the molecule is CC(=O)N(O)[C@@H](C)C(=O)O. The molecule has 0 saturated carbocycles. The van der Waals surface area contributed by atoms with Crippen molar-refractivity contribution in [1.82, 2.24) is 5.06 Å². The lowest BCUT2D eigenvalue weighted by atomic mass is 10.3. The monoisotopic (exact) mass is 147 g/mol. The molecule has 0 radical (unpaired) electrons. The summed E-state index contributed by atoms with van der Waals surface area (Å²) < 4.78 is 0. The van der Waals surface area contributed by atoms with E-state index in [9.17, 15) is 9.59 Å². The zero-order chi connectivity index (χ0) is 8.31. The van der Waals surface area contributed by atoms with Gasteiger partial charge in [0.1, 0.15) is 0 Å². The van der Waals surface area contributed by atoms with E-state index in [4.69, 9.17) is 10.3 Å². The largest absolute Gasteiger partial charge is 0.480 e. The van der Waals surface area contributed by atoms with Crippen LogP contribution >= 0.6 is 0 Å². The van der Waals surface area contributed by atoms with E-state index < -0.39 is 17.9 Å². The number of aliphatic carboxylic acids is 1. The van der Waals surface area contributed by atoms with Gasteiger partial charge in [0.05, 0.1) is 0 Å². The molecule has 5 nitrogen and oxygen atoms in total. The maximum Gasteiger partial charge on any atom is 0.328 e. The van der Waals surface area contributed by atoms with Crippen molar-refractivity contribution < 1.29 is 19.9 Å². The van der Waals surface area contributed by atoms with E-state index in [1.54, 1.807) is 0 Å². The fraction of sp³-hybridized carbons (Fsp3) is 0.600. The number of nitrogens with zero attached hydrogens (tertiary/aromatic N) is 1. The zero-order valence-electron chi connectivity index (χ0n) is 5.74. The van der Waals surface area contributed by atoms with Crippen LogP contribution in [0.1, 0.15) is 13.8 Å². The van der Waals surface area contributed by atoms with Gasteiger partial charge in [0, 0.05) is 6.92 Å². The van der Waals surface area contributed by atoms with Gasteiger partial charge in [0.15, 0.2) is 6.04 Å². The normalized spacial score (nSPS) is 12.3. The Morgan fingerprint density at radius 1 is 1.50 bits per heavy atom. The minimum absolute atomic E-state index is 0.169. The average molecular weight is 147 g/mol. The van der Waals surface area contributed by atoms with E-state index in [-0.39, 0.29) is 5.06 Å². The standard InChI is InChI=1S/C5H9NO4/c1-3(5(8)9)6(10)4(2)7/h3,10H,1-2H3,(H,8,9)/t3-/m0/s1. The first-order valence-corrected chi connectivity index (χ1v) is 2.68. The van der Waals surface area contributed by atoms with Crippen molar-refractivity contribution in [2.45, 2.75) is 19.9 Å². The van der Waals surface area contributed by atoms with Crippen molar-refractivity contribution in [2.24, 2.45) is 0 Å². The molecule has 0 heterocycles. The number of hydrogen-bond acceptors (Lipinski definition) is 3. The Balaban J connectivity index is 4.07. The summed E-state index contributed by atoms with van der Waals surface area (Å²) in [5.74, 6) is -1.92. The fourth-order valence-corrected chi connectivity index (χ4v) is 0.377. The van der Waals surface area contributed by atoms with Crippen LogP contribution in [0.2, 0.25) is 0 Å². The molecule has 0 rings (SSSR count). The molecule has 58 valence electrons. The number of hydrogen-bond donors (Lipinski definition) is 2. The summed E-state index contributed by atoms with van der Waals surface area (Å²) in [4.78, 5) is 20.4. The molecule has 5 heteroatoms. The van der Waals surface area contributed by atoms with E-state index in [2.05, 4.69) is 0 Å². The predicted molar refractivity (Wildman–Crippen MR) is 31.4 cm³/mol. The van der Waals surface area contributed by atoms with Crippen molar-refractivity contribution in [3.05, 3.63) is 0 Å². The van der Waals surface area contributed by atoms with Crippen LogP contribution in [0.5, 0.6) is 0 Å². The first-order chi connectivity index (χ1) is 4.46. The van der Waals surface area contributed by atoms with Gasteiger partial charge in [-0.15, -0.1) is 0 Å². The predicted octanol–water partition coefficient (Wildman–Crippen LogP) is -0.303. The molecule has 0 aliphatic heterocycles. The van der Waals surface area contributed by atoms with Crippen LogP contribution in [0.15, 0.2) is 0 Å². The first kappa shape index (κ1) is 8.90. The lowest BCUT2D eigenvalue weighted by molar-refractivity contribution is -0.182. The minimum atomic E-state index is -1.24. The van der Waals surface area contributed by atoms with Crippen molar-refractivity contribution in [3.8, 4) is 0 Å². The van der Waals surface area contributed by atoms with Gasteiger partial charge in [-0.1, -0.05) is 0 Å². The highest BCUT2D eigenvalue weighted by atomic mass is 16.5. The van der Waals surface area contributed by atoms with E-state index in [1.165, 1.54) is 6.92 Å². The van der Waals surface area contributed by atoms with Gasteiger partial charge < -0.3 is 5.11 Å². The minimum Gasteiger partial charge on any atom is -0.480 e. The fourth-order valence-electron chi connectivity index (χ4n) is 0.377. The van der Waals surface area contributed by atoms with Crippen LogP contribution < -0.4 is 0 Å². The molecule has 0 unspecified atom stereocenters. The molecular weight excluding hydrogens is 138 g/mol. The molecule has 0 bridgehead atoms. The molecule has 10 heavy (non-hydrogen) atoms. The van der Waals surface area contributed by atoms with Crippen LogP contribution in [0, 0.1) is 0 Å². The molecule has 0 fully saturated rings. The summed E-state index contributed by atoms with van der Waals surface area (Å²) in [5, 5.41) is 17.1. The van der Waals surface area contributed by atoms with Gasteiger partial charge in [0.25, 0.3) is 0 Å². The molecule has 0 aromatic heterocycles. The zero-order valence-corrected chi connectivity index (χ0v) is 5.74. The Kier molecular flexibility index (Phi) is 2.82. The van der Waals surface area contributed by atoms with Gasteiger partial charge in [0.2, 0.25) is 5.91 Å². The second-order valence-electron chi connectivity index (χ2n) is 1.88. The van der Waals surface area contributed by atoms with Crippen LogP contribution in [0.25, 0.3) is 0 Å². The molecule has 1 amide bonds. The highest BCUT2D eigenvalue weighted by Crippen LogP contribution is 1.94. The first-order valence-electron chi connectivity index (χ1n) is 2.68. The number of amides is 1. The third kappa shape index (κ3) is 2.02. The van der Waals surface area contributed by atoms with Gasteiger partial charge >= 0.3 is 5.97 Å². The Morgan fingerprint density at radius 3 is 2.00 bits per heavy atom. The highest BCUT2D eigenvalue weighted by Gasteiger charge is 2.20. The smallest absolute Gasteiger partial charge is 0.328 e. The summed E-state index contributed by atoms with van der Waals surface area (Å²) in [6.07, 6.45) is 0. The van der Waals surface area contributed by atoms with Gasteiger partial charge in [-0.2, -0.15) is 0 Å². The van der Waals surface area contributed by atoms with E-state index in [0.717, 1.165) is 6.92 Å². The quantitative estimate of drug-likeness (QED) is 0.415. The highest BCUT2D eigenvalue weighted by molar-refractivity contribution is 5.80. The molecule has 0 aromatic rings. The number of carbonyl (C=O) groups is 2. The second kappa shape index (κ2) is 3.17. The van der Waals surface area contributed by atoms with E-state index in [0.29, 0.717) is 0 Å². The third-order valence-corrected chi connectivity index (χ3v) is 1.05. The van der Waals surface area contributed by atoms with E-state index >= 15 is 0 Å². The second-order valence-corrected chi connectivity index (χ2v) is 1.88. The molecule has 0 spiro atoms. The van der Waals surface area contributed by atoms with Crippen LogP contribution in [0.4, 0.5) is 0 Å². The summed E-state index contributed by atoms with van der Waals surface area (Å²) in [5.41, 5.74) is 0. The summed E-state index contributed by atoms with van der Waals surface area (Å²) in [6.45, 7) is 2.29. The Labute approximate surface area is 57.8 Å². The average Bonchev–Trinajstić information content (AvgIpc) is 1.84. The molecule has 0 aliphatic carbocycles. The Morgan fingerprint density at radius 2 is 1.90 bits per heavy atom. The molecule has 1 atom stereocenters. The topological polar surface area (TPSA) is 77.8 Å². The number of carboxylic acid groups (broad SMARTS) is 1. The number of rotatable bonds is 2. The molecule has 0 aliphatic rings. The van der Waals surface area contributed by atoms with Crippen molar-refractivity contribution in [3.63, 3.8) is 0 Å². The molecule has 2 N–H and O–H groups in total. The lowest BCUT2D eigenvalue weighted by Gasteiger charge is -2.16. The van der Waals surface area contributed by atoms with Crippen LogP contribution in [0.3, 0.4) is 0 Å². The molecule has 0 saturated heterocycles. The molecule has 0 aromatic carbocycles. The maximum absolute atomic E-state index is 10.3. The number of carboxylic acids is 1. The van der Waals surface area contributed by atoms with Crippen molar-refractivity contribution in [2.75, 3.05) is 0 Å².